The fourth-order valence-electron chi connectivity index (χ4n) is 3.04. The van der Waals surface area contributed by atoms with Crippen LogP contribution in [-0.4, -0.2) is 36.4 Å². The molecule has 0 saturated carbocycles. The Hall–Kier alpha value is -1.11. The quantitative estimate of drug-likeness (QED) is 0.908. The van der Waals surface area contributed by atoms with Gasteiger partial charge in [-0.1, -0.05) is 18.2 Å². The zero-order valence-corrected chi connectivity index (χ0v) is 12.7. The lowest BCUT2D eigenvalue weighted by atomic mass is 10.0. The molecule has 0 amide bonds. The molecule has 0 aliphatic carbocycles. The van der Waals surface area contributed by atoms with Crippen molar-refractivity contribution in [1.29, 1.82) is 0 Å². The van der Waals surface area contributed by atoms with Gasteiger partial charge < -0.3 is 10.1 Å². The molecule has 1 saturated heterocycles. The number of nitrogens with one attached hydrogen (secondary N) is 1. The van der Waals surface area contributed by atoms with Gasteiger partial charge in [-0.2, -0.15) is 13.2 Å². The maximum absolute atomic E-state index is 13.1. The summed E-state index contributed by atoms with van der Waals surface area (Å²) in [5, 5.41) is 3.30. The highest BCUT2D eigenvalue weighted by Gasteiger charge is 2.52. The third-order valence-electron chi connectivity index (χ3n) is 4.64. The molecule has 2 aliphatic rings. The second kappa shape index (κ2) is 5.83. The highest BCUT2D eigenvalue weighted by Crippen LogP contribution is 2.37. The smallest absolute Gasteiger partial charge is 0.364 e. The van der Waals surface area contributed by atoms with E-state index in [9.17, 15) is 13.2 Å². The van der Waals surface area contributed by atoms with Gasteiger partial charge in [0.2, 0.25) is 0 Å². The fraction of sp³-hybridized carbons (Fsp3) is 0.625. The lowest BCUT2D eigenvalue weighted by Crippen LogP contribution is -2.45. The van der Waals surface area contributed by atoms with E-state index in [4.69, 9.17) is 4.74 Å². The molecule has 0 radical (unpaired) electrons. The zero-order chi connectivity index (χ0) is 15.8. The number of fused-ring (bicyclic) bond motifs is 1. The predicted molar refractivity (Wildman–Crippen MR) is 77.3 cm³/mol. The monoisotopic (exact) mass is 314 g/mol. The van der Waals surface area contributed by atoms with Crippen molar-refractivity contribution in [3.05, 3.63) is 34.9 Å². The molecule has 0 spiro atoms. The molecule has 1 aromatic carbocycles. The van der Waals surface area contributed by atoms with Crippen LogP contribution in [0.4, 0.5) is 13.2 Å². The van der Waals surface area contributed by atoms with E-state index in [1.807, 2.05) is 4.90 Å². The summed E-state index contributed by atoms with van der Waals surface area (Å²) < 4.78 is 44.3. The van der Waals surface area contributed by atoms with Crippen LogP contribution in [-0.2, 0) is 24.4 Å². The number of rotatable bonds is 2. The van der Waals surface area contributed by atoms with E-state index >= 15 is 0 Å². The first-order chi connectivity index (χ1) is 10.4. The van der Waals surface area contributed by atoms with Gasteiger partial charge >= 0.3 is 6.18 Å². The Balaban J connectivity index is 1.65. The number of benzene rings is 1. The Bertz CT molecular complexity index is 547. The van der Waals surface area contributed by atoms with Gasteiger partial charge in [-0.3, -0.25) is 4.90 Å². The van der Waals surface area contributed by atoms with Crippen LogP contribution < -0.4 is 5.32 Å². The molecule has 1 aromatic rings. The third-order valence-corrected chi connectivity index (χ3v) is 4.64. The van der Waals surface area contributed by atoms with Crippen molar-refractivity contribution < 1.29 is 17.9 Å². The summed E-state index contributed by atoms with van der Waals surface area (Å²) in [6.45, 7) is 4.63. The van der Waals surface area contributed by atoms with Crippen molar-refractivity contribution in [1.82, 2.24) is 10.2 Å². The summed E-state index contributed by atoms with van der Waals surface area (Å²) in [5.74, 6) is 0. The minimum Gasteiger partial charge on any atom is -0.364 e. The molecule has 122 valence electrons. The second-order valence-electron chi connectivity index (χ2n) is 6.31. The third kappa shape index (κ3) is 3.14. The maximum atomic E-state index is 13.1. The predicted octanol–water partition coefficient (Wildman–Crippen LogP) is 2.83. The fourth-order valence-corrected chi connectivity index (χ4v) is 3.04. The number of hydrogen-bond donors (Lipinski definition) is 1. The topological polar surface area (TPSA) is 24.5 Å². The van der Waals surface area contributed by atoms with E-state index in [2.05, 4.69) is 23.5 Å². The number of halogens is 3. The first-order valence-corrected chi connectivity index (χ1v) is 7.62. The van der Waals surface area contributed by atoms with Gasteiger partial charge in [-0.05, 0) is 30.0 Å². The number of hydrogen-bond acceptors (Lipinski definition) is 3. The average Bonchev–Trinajstić information content (AvgIpc) is 2.82. The van der Waals surface area contributed by atoms with Crippen LogP contribution >= 0.6 is 0 Å². The van der Waals surface area contributed by atoms with Crippen LogP contribution in [0.2, 0.25) is 0 Å². The van der Waals surface area contributed by atoms with E-state index in [0.29, 0.717) is 19.6 Å². The maximum Gasteiger partial charge on any atom is 0.417 e. The Morgan fingerprint density at radius 2 is 2.00 bits per heavy atom. The Labute approximate surface area is 128 Å². The zero-order valence-electron chi connectivity index (χ0n) is 12.7. The van der Waals surface area contributed by atoms with E-state index in [1.165, 1.54) is 11.1 Å². The van der Waals surface area contributed by atoms with Crippen LogP contribution in [0.25, 0.3) is 0 Å². The van der Waals surface area contributed by atoms with Gasteiger partial charge in [0.05, 0.1) is 6.61 Å². The van der Waals surface area contributed by atoms with Crippen LogP contribution in [0, 0.1) is 0 Å². The van der Waals surface area contributed by atoms with Crippen molar-refractivity contribution in [3.63, 3.8) is 0 Å². The highest BCUT2D eigenvalue weighted by molar-refractivity contribution is 5.34. The SMILES string of the molecule is CC1(C(F)(F)F)CCN(Cc2ccc3c(c2)CNC3)CCO1. The van der Waals surface area contributed by atoms with Crippen molar-refractivity contribution in [2.24, 2.45) is 0 Å². The molecule has 2 aliphatic heterocycles. The molecular formula is C16H21F3N2O. The molecule has 3 nitrogen and oxygen atoms in total. The molecule has 1 fully saturated rings. The van der Waals surface area contributed by atoms with Crippen molar-refractivity contribution in [2.75, 3.05) is 19.7 Å². The minimum atomic E-state index is -4.32. The van der Waals surface area contributed by atoms with E-state index in [0.717, 1.165) is 25.6 Å². The molecule has 1 N–H and O–H groups in total. The largest absolute Gasteiger partial charge is 0.417 e. The highest BCUT2D eigenvalue weighted by atomic mass is 19.4. The van der Waals surface area contributed by atoms with Gasteiger partial charge in [0, 0.05) is 32.7 Å². The molecule has 3 rings (SSSR count). The van der Waals surface area contributed by atoms with Crippen molar-refractivity contribution in [2.45, 2.75) is 44.8 Å². The molecule has 6 heteroatoms. The first-order valence-electron chi connectivity index (χ1n) is 7.62. The van der Waals surface area contributed by atoms with Gasteiger partial charge in [0.25, 0.3) is 0 Å². The van der Waals surface area contributed by atoms with E-state index < -0.39 is 11.8 Å². The summed E-state index contributed by atoms with van der Waals surface area (Å²) in [7, 11) is 0. The summed E-state index contributed by atoms with van der Waals surface area (Å²) in [6, 6.07) is 6.34. The van der Waals surface area contributed by atoms with Gasteiger partial charge in [0.1, 0.15) is 0 Å². The van der Waals surface area contributed by atoms with Gasteiger partial charge in [0.15, 0.2) is 5.60 Å². The molecule has 0 bridgehead atoms. The van der Waals surface area contributed by atoms with E-state index in [-0.39, 0.29) is 13.0 Å². The van der Waals surface area contributed by atoms with Crippen LogP contribution in [0.1, 0.15) is 30.0 Å². The summed E-state index contributed by atoms with van der Waals surface area (Å²) in [5.41, 5.74) is 1.73. The number of nitrogens with zero attached hydrogens (tertiary/aromatic N) is 1. The molecule has 22 heavy (non-hydrogen) atoms. The normalized spacial score (nSPS) is 26.7. The van der Waals surface area contributed by atoms with E-state index in [1.54, 1.807) is 0 Å². The van der Waals surface area contributed by atoms with Crippen LogP contribution in [0.5, 0.6) is 0 Å². The molecule has 2 heterocycles. The summed E-state index contributed by atoms with van der Waals surface area (Å²) >= 11 is 0. The standard InChI is InChI=1S/C16H21F3N2O/c1-15(16(17,18)19)4-5-21(6-7-22-15)11-12-2-3-13-9-20-10-14(13)8-12/h2-3,8,20H,4-7,9-11H2,1H3. The molecule has 1 unspecified atom stereocenters. The van der Waals surface area contributed by atoms with Gasteiger partial charge in [-0.25, -0.2) is 0 Å². The summed E-state index contributed by atoms with van der Waals surface area (Å²) in [6.07, 6.45) is -4.34. The Morgan fingerprint density at radius 1 is 1.23 bits per heavy atom. The van der Waals surface area contributed by atoms with Crippen molar-refractivity contribution in [3.8, 4) is 0 Å². The number of alkyl halides is 3. The van der Waals surface area contributed by atoms with Crippen LogP contribution in [0.15, 0.2) is 18.2 Å². The Morgan fingerprint density at radius 3 is 2.77 bits per heavy atom. The Kier molecular flexibility index (Phi) is 4.18. The summed E-state index contributed by atoms with van der Waals surface area (Å²) in [4.78, 5) is 2.04. The number of ether oxygens (including phenoxy) is 1. The lowest BCUT2D eigenvalue weighted by molar-refractivity contribution is -0.269. The minimum absolute atomic E-state index is 0.0248. The average molecular weight is 314 g/mol. The first kappa shape index (κ1) is 15.8. The molecular weight excluding hydrogens is 293 g/mol. The van der Waals surface area contributed by atoms with Gasteiger partial charge in [-0.15, -0.1) is 0 Å². The second-order valence-corrected chi connectivity index (χ2v) is 6.31. The molecule has 1 atom stereocenters. The lowest BCUT2D eigenvalue weighted by Gasteiger charge is -2.30. The molecule has 0 aromatic heterocycles. The van der Waals surface area contributed by atoms with Crippen LogP contribution in [0.3, 0.4) is 0 Å². The van der Waals surface area contributed by atoms with Crippen molar-refractivity contribution >= 4 is 0 Å².